The molecule has 2 N–H and O–H groups in total. The molecule has 7 heteroatoms. The van der Waals surface area contributed by atoms with Gasteiger partial charge in [0.25, 0.3) is 5.91 Å². The lowest BCUT2D eigenvalue weighted by Crippen LogP contribution is -2.23. The van der Waals surface area contributed by atoms with E-state index in [0.717, 1.165) is 39.4 Å². The van der Waals surface area contributed by atoms with Gasteiger partial charge >= 0.3 is 0 Å². The fraction of sp³-hybridized carbons (Fsp3) is 0.138. The SMILES string of the molecule is COc1ccc(-c2cc(C(=O)NCc3cccc(OC)c3)c3c(-c4ccc(C)cc4)[nH]nc3n2)cc1. The summed E-state index contributed by atoms with van der Waals surface area (Å²) in [7, 11) is 3.25. The largest absolute Gasteiger partial charge is 0.497 e. The number of nitrogens with zero attached hydrogens (tertiary/aromatic N) is 2. The Balaban J connectivity index is 1.58. The first kappa shape index (κ1) is 23.1. The number of hydrogen-bond donors (Lipinski definition) is 2. The van der Waals surface area contributed by atoms with E-state index in [0.29, 0.717) is 28.8 Å². The summed E-state index contributed by atoms with van der Waals surface area (Å²) in [6.07, 6.45) is 0. The molecule has 0 saturated heterocycles. The molecule has 1 amide bonds. The summed E-state index contributed by atoms with van der Waals surface area (Å²) in [4.78, 5) is 18.3. The number of carbonyl (C=O) groups is 1. The monoisotopic (exact) mass is 478 g/mol. The predicted octanol–water partition coefficient (Wildman–Crippen LogP) is 5.55. The first-order valence-corrected chi connectivity index (χ1v) is 11.6. The number of pyridine rings is 1. The number of hydrogen-bond acceptors (Lipinski definition) is 5. The molecule has 2 aromatic heterocycles. The maximum Gasteiger partial charge on any atom is 0.252 e. The van der Waals surface area contributed by atoms with E-state index in [1.807, 2.05) is 85.8 Å². The summed E-state index contributed by atoms with van der Waals surface area (Å²) in [6, 6.07) is 25.1. The molecule has 180 valence electrons. The van der Waals surface area contributed by atoms with Gasteiger partial charge in [-0.2, -0.15) is 5.10 Å². The van der Waals surface area contributed by atoms with Crippen molar-refractivity contribution in [2.75, 3.05) is 14.2 Å². The molecule has 3 aromatic carbocycles. The molecule has 0 bridgehead atoms. The summed E-state index contributed by atoms with van der Waals surface area (Å²) in [5.74, 6) is 1.28. The number of nitrogens with one attached hydrogen (secondary N) is 2. The number of aromatic amines is 1. The van der Waals surface area contributed by atoms with Crippen LogP contribution < -0.4 is 14.8 Å². The molecule has 0 saturated carbocycles. The fourth-order valence-electron chi connectivity index (χ4n) is 4.10. The van der Waals surface area contributed by atoms with E-state index < -0.39 is 0 Å². The van der Waals surface area contributed by atoms with Gasteiger partial charge in [0.2, 0.25) is 0 Å². The van der Waals surface area contributed by atoms with E-state index in [1.165, 1.54) is 0 Å². The molecule has 2 heterocycles. The minimum absolute atomic E-state index is 0.213. The quantitative estimate of drug-likeness (QED) is 0.320. The number of amides is 1. The van der Waals surface area contributed by atoms with Gasteiger partial charge in [-0.15, -0.1) is 0 Å². The van der Waals surface area contributed by atoms with Gasteiger partial charge in [-0.1, -0.05) is 42.0 Å². The molecule has 0 spiro atoms. The van der Waals surface area contributed by atoms with Crippen molar-refractivity contribution in [3.05, 3.63) is 95.6 Å². The molecule has 0 aliphatic heterocycles. The first-order valence-electron chi connectivity index (χ1n) is 11.6. The van der Waals surface area contributed by atoms with Crippen molar-refractivity contribution in [3.8, 4) is 34.0 Å². The molecule has 0 unspecified atom stereocenters. The lowest BCUT2D eigenvalue weighted by molar-refractivity contribution is 0.0952. The molecule has 7 nitrogen and oxygen atoms in total. The Morgan fingerprint density at radius 3 is 2.33 bits per heavy atom. The number of benzene rings is 3. The van der Waals surface area contributed by atoms with E-state index in [9.17, 15) is 4.79 Å². The van der Waals surface area contributed by atoms with Crippen LogP contribution in [0.4, 0.5) is 0 Å². The summed E-state index contributed by atoms with van der Waals surface area (Å²) in [5.41, 5.74) is 6.27. The van der Waals surface area contributed by atoms with Gasteiger partial charge in [0.1, 0.15) is 11.5 Å². The van der Waals surface area contributed by atoms with Gasteiger partial charge in [-0.25, -0.2) is 4.98 Å². The average Bonchev–Trinajstić information content (AvgIpc) is 3.36. The van der Waals surface area contributed by atoms with E-state index in [2.05, 4.69) is 15.5 Å². The highest BCUT2D eigenvalue weighted by atomic mass is 16.5. The fourth-order valence-corrected chi connectivity index (χ4v) is 4.10. The standard InChI is InChI=1S/C29H26N4O3/c1-18-7-9-21(10-8-18)27-26-24(29(34)30-17-19-5-4-6-23(15-19)36-3)16-25(31-28(26)33-32-27)20-11-13-22(35-2)14-12-20/h4-16H,17H2,1-3H3,(H,30,34)(H,31,32,33). The van der Waals surface area contributed by atoms with Gasteiger partial charge in [0.05, 0.1) is 36.6 Å². The molecule has 5 rings (SSSR count). The number of aryl methyl sites for hydroxylation is 1. The van der Waals surface area contributed by atoms with Crippen LogP contribution in [-0.4, -0.2) is 35.3 Å². The zero-order chi connectivity index (χ0) is 25.1. The average molecular weight is 479 g/mol. The van der Waals surface area contributed by atoms with Crippen molar-refractivity contribution in [2.45, 2.75) is 13.5 Å². The van der Waals surface area contributed by atoms with Crippen molar-refractivity contribution in [1.29, 1.82) is 0 Å². The first-order chi connectivity index (χ1) is 17.6. The van der Waals surface area contributed by atoms with Crippen molar-refractivity contribution in [2.24, 2.45) is 0 Å². The van der Waals surface area contributed by atoms with Gasteiger partial charge in [-0.05, 0) is 55.0 Å². The van der Waals surface area contributed by atoms with Crippen LogP contribution in [0.2, 0.25) is 0 Å². The van der Waals surface area contributed by atoms with Gasteiger partial charge < -0.3 is 14.8 Å². The highest BCUT2D eigenvalue weighted by Gasteiger charge is 2.20. The predicted molar refractivity (Wildman–Crippen MR) is 140 cm³/mol. The third kappa shape index (κ3) is 4.63. The topological polar surface area (TPSA) is 89.1 Å². The molecule has 36 heavy (non-hydrogen) atoms. The Morgan fingerprint density at radius 2 is 1.61 bits per heavy atom. The highest BCUT2D eigenvalue weighted by Crippen LogP contribution is 2.32. The smallest absolute Gasteiger partial charge is 0.252 e. The van der Waals surface area contributed by atoms with Crippen LogP contribution in [0.3, 0.4) is 0 Å². The maximum atomic E-state index is 13.6. The molecular formula is C29H26N4O3. The van der Waals surface area contributed by atoms with E-state index in [-0.39, 0.29) is 5.91 Å². The van der Waals surface area contributed by atoms with Crippen LogP contribution in [0.25, 0.3) is 33.5 Å². The van der Waals surface area contributed by atoms with Crippen LogP contribution in [-0.2, 0) is 6.54 Å². The number of carbonyl (C=O) groups excluding carboxylic acids is 1. The Bertz CT molecular complexity index is 1520. The second kappa shape index (κ2) is 9.92. The molecule has 5 aromatic rings. The number of rotatable bonds is 7. The Kier molecular flexibility index (Phi) is 6.36. The summed E-state index contributed by atoms with van der Waals surface area (Å²) >= 11 is 0. The molecular weight excluding hydrogens is 452 g/mol. The number of ether oxygens (including phenoxy) is 2. The highest BCUT2D eigenvalue weighted by molar-refractivity contribution is 6.11. The minimum Gasteiger partial charge on any atom is -0.497 e. The third-order valence-corrected chi connectivity index (χ3v) is 6.08. The third-order valence-electron chi connectivity index (χ3n) is 6.08. The van der Waals surface area contributed by atoms with Gasteiger partial charge in [-0.3, -0.25) is 9.89 Å². The summed E-state index contributed by atoms with van der Waals surface area (Å²) in [5, 5.41) is 11.3. The van der Waals surface area contributed by atoms with E-state index in [4.69, 9.17) is 14.5 Å². The number of aromatic nitrogens is 3. The van der Waals surface area contributed by atoms with Gasteiger partial charge in [0.15, 0.2) is 5.65 Å². The second-order valence-corrected chi connectivity index (χ2v) is 8.48. The Labute approximate surface area is 209 Å². The minimum atomic E-state index is -0.213. The van der Waals surface area contributed by atoms with Crippen LogP contribution >= 0.6 is 0 Å². The van der Waals surface area contributed by atoms with Crippen molar-refractivity contribution in [1.82, 2.24) is 20.5 Å². The van der Waals surface area contributed by atoms with Crippen LogP contribution in [0.15, 0.2) is 78.9 Å². The molecule has 0 aliphatic rings. The van der Waals surface area contributed by atoms with E-state index >= 15 is 0 Å². The normalized spacial score (nSPS) is 10.9. The lowest BCUT2D eigenvalue weighted by Gasteiger charge is -2.11. The zero-order valence-corrected chi connectivity index (χ0v) is 20.3. The van der Waals surface area contributed by atoms with Crippen LogP contribution in [0.5, 0.6) is 11.5 Å². The van der Waals surface area contributed by atoms with Crippen molar-refractivity contribution in [3.63, 3.8) is 0 Å². The summed E-state index contributed by atoms with van der Waals surface area (Å²) in [6.45, 7) is 2.39. The Hall–Kier alpha value is -4.65. The summed E-state index contributed by atoms with van der Waals surface area (Å²) < 4.78 is 10.6. The molecule has 0 fully saturated rings. The van der Waals surface area contributed by atoms with Crippen LogP contribution in [0, 0.1) is 6.92 Å². The Morgan fingerprint density at radius 1 is 0.889 bits per heavy atom. The number of methoxy groups -OCH3 is 2. The van der Waals surface area contributed by atoms with Crippen LogP contribution in [0.1, 0.15) is 21.5 Å². The molecule has 0 atom stereocenters. The van der Waals surface area contributed by atoms with Crippen molar-refractivity contribution < 1.29 is 14.3 Å². The van der Waals surface area contributed by atoms with Crippen molar-refractivity contribution >= 4 is 16.9 Å². The van der Waals surface area contributed by atoms with Gasteiger partial charge in [0, 0.05) is 17.7 Å². The number of fused-ring (bicyclic) bond motifs is 1. The van der Waals surface area contributed by atoms with E-state index in [1.54, 1.807) is 14.2 Å². The molecule has 0 aliphatic carbocycles. The zero-order valence-electron chi connectivity index (χ0n) is 20.3. The molecule has 0 radical (unpaired) electrons. The second-order valence-electron chi connectivity index (χ2n) is 8.48. The lowest BCUT2D eigenvalue weighted by atomic mass is 10.0. The maximum absolute atomic E-state index is 13.6. The number of H-pyrrole nitrogens is 1.